The van der Waals surface area contributed by atoms with Crippen molar-refractivity contribution in [2.24, 2.45) is 5.10 Å². The van der Waals surface area contributed by atoms with Crippen LogP contribution < -0.4 is 19.6 Å². The van der Waals surface area contributed by atoms with Gasteiger partial charge in [0.25, 0.3) is 5.91 Å². The Balaban J connectivity index is 1.56. The Kier molecular flexibility index (Phi) is 4.56. The fraction of sp³-hybridized carbons (Fsp3) is 0.100. The van der Waals surface area contributed by atoms with E-state index in [0.717, 1.165) is 10.8 Å². The van der Waals surface area contributed by atoms with Crippen LogP contribution in [0.15, 0.2) is 53.6 Å². The van der Waals surface area contributed by atoms with Crippen LogP contribution in [0.3, 0.4) is 0 Å². The summed E-state index contributed by atoms with van der Waals surface area (Å²) in [7, 11) is 1.52. The minimum absolute atomic E-state index is 0.157. The number of methoxy groups -OCH3 is 1. The molecule has 1 N–H and O–H groups in total. The molecule has 136 valence electrons. The fourth-order valence-electron chi connectivity index (χ4n) is 2.82. The molecule has 3 aromatic rings. The predicted octanol–water partition coefficient (Wildman–Crippen LogP) is 3.99. The van der Waals surface area contributed by atoms with Gasteiger partial charge in [-0.05, 0) is 29.0 Å². The smallest absolute Gasteiger partial charge is 0.275 e. The van der Waals surface area contributed by atoms with E-state index in [0.29, 0.717) is 33.4 Å². The summed E-state index contributed by atoms with van der Waals surface area (Å²) >= 11 is 6.19. The van der Waals surface area contributed by atoms with Crippen molar-refractivity contribution in [1.29, 1.82) is 0 Å². The third kappa shape index (κ3) is 3.39. The van der Waals surface area contributed by atoms with Gasteiger partial charge in [-0.15, -0.1) is 0 Å². The molecule has 4 rings (SSSR count). The van der Waals surface area contributed by atoms with Gasteiger partial charge in [0, 0.05) is 11.6 Å². The molecule has 0 bridgehead atoms. The van der Waals surface area contributed by atoms with Gasteiger partial charge in [0.1, 0.15) is 5.75 Å². The second-order valence-corrected chi connectivity index (χ2v) is 6.23. The number of ether oxygens (including phenoxy) is 3. The molecule has 1 aliphatic rings. The largest absolute Gasteiger partial charge is 0.496 e. The summed E-state index contributed by atoms with van der Waals surface area (Å²) in [4.78, 5) is 12.5. The van der Waals surface area contributed by atoms with Crippen molar-refractivity contribution in [3.8, 4) is 17.2 Å². The second-order valence-electron chi connectivity index (χ2n) is 5.83. The highest BCUT2D eigenvalue weighted by molar-refractivity contribution is 6.33. The number of benzene rings is 3. The van der Waals surface area contributed by atoms with Gasteiger partial charge in [-0.25, -0.2) is 5.43 Å². The number of rotatable bonds is 4. The SMILES string of the molecule is COc1cc2ccccc2cc1C(=O)NN=Cc1cc2c(cc1Cl)OCO2. The normalized spacial score (nSPS) is 12.5. The van der Waals surface area contributed by atoms with E-state index < -0.39 is 0 Å². The zero-order valence-electron chi connectivity index (χ0n) is 14.4. The van der Waals surface area contributed by atoms with Crippen molar-refractivity contribution in [3.63, 3.8) is 0 Å². The van der Waals surface area contributed by atoms with Crippen molar-refractivity contribution in [2.75, 3.05) is 13.9 Å². The maximum absolute atomic E-state index is 12.5. The lowest BCUT2D eigenvalue weighted by molar-refractivity contribution is 0.0952. The summed E-state index contributed by atoms with van der Waals surface area (Å²) in [6, 6.07) is 14.7. The first-order valence-corrected chi connectivity index (χ1v) is 8.53. The van der Waals surface area contributed by atoms with Crippen LogP contribution in [0.4, 0.5) is 0 Å². The van der Waals surface area contributed by atoms with Crippen LogP contribution in [0.25, 0.3) is 10.8 Å². The molecule has 7 heteroatoms. The molecule has 0 aliphatic carbocycles. The van der Waals surface area contributed by atoms with E-state index in [1.54, 1.807) is 18.2 Å². The van der Waals surface area contributed by atoms with Crippen LogP contribution in [0.5, 0.6) is 17.2 Å². The molecule has 6 nitrogen and oxygen atoms in total. The highest BCUT2D eigenvalue weighted by atomic mass is 35.5. The van der Waals surface area contributed by atoms with Crippen molar-refractivity contribution < 1.29 is 19.0 Å². The van der Waals surface area contributed by atoms with Crippen LogP contribution in [0.1, 0.15) is 15.9 Å². The first-order valence-electron chi connectivity index (χ1n) is 8.15. The van der Waals surface area contributed by atoms with E-state index in [9.17, 15) is 4.79 Å². The summed E-state index contributed by atoms with van der Waals surface area (Å²) < 4.78 is 15.9. The standard InChI is InChI=1S/C20H15ClN2O4/c1-25-17-7-13-5-3-2-4-12(13)6-15(17)20(24)23-22-10-14-8-18-19(9-16(14)21)27-11-26-18/h2-10H,11H2,1H3,(H,23,24). The summed E-state index contributed by atoms with van der Waals surface area (Å²) in [6.07, 6.45) is 1.45. The second kappa shape index (κ2) is 7.17. The van der Waals surface area contributed by atoms with Crippen molar-refractivity contribution >= 4 is 34.5 Å². The van der Waals surface area contributed by atoms with Crippen LogP contribution in [-0.2, 0) is 0 Å². The lowest BCUT2D eigenvalue weighted by atomic mass is 10.1. The Morgan fingerprint density at radius 1 is 1.15 bits per heavy atom. The number of carbonyl (C=O) groups excluding carboxylic acids is 1. The zero-order chi connectivity index (χ0) is 18.8. The van der Waals surface area contributed by atoms with Crippen LogP contribution in [0.2, 0.25) is 5.02 Å². The maximum atomic E-state index is 12.5. The van der Waals surface area contributed by atoms with Crippen molar-refractivity contribution in [1.82, 2.24) is 5.43 Å². The van der Waals surface area contributed by atoms with Crippen LogP contribution in [-0.4, -0.2) is 26.0 Å². The number of hydrogen-bond donors (Lipinski definition) is 1. The van der Waals surface area contributed by atoms with Gasteiger partial charge in [-0.2, -0.15) is 5.10 Å². The molecule has 0 saturated carbocycles. The fourth-order valence-corrected chi connectivity index (χ4v) is 3.02. The summed E-state index contributed by atoms with van der Waals surface area (Å²) in [6.45, 7) is 0.157. The molecular formula is C20H15ClN2O4. The van der Waals surface area contributed by atoms with E-state index >= 15 is 0 Å². The minimum atomic E-state index is -0.384. The molecule has 0 unspecified atom stereocenters. The Bertz CT molecular complexity index is 1070. The number of hydrazone groups is 1. The van der Waals surface area contributed by atoms with E-state index in [1.165, 1.54) is 13.3 Å². The average Bonchev–Trinajstić information content (AvgIpc) is 3.14. The molecule has 0 atom stereocenters. The Hall–Kier alpha value is -3.25. The quantitative estimate of drug-likeness (QED) is 0.547. The molecule has 0 saturated heterocycles. The molecule has 27 heavy (non-hydrogen) atoms. The number of fused-ring (bicyclic) bond motifs is 2. The van der Waals surface area contributed by atoms with Gasteiger partial charge in [0.15, 0.2) is 11.5 Å². The third-order valence-electron chi connectivity index (χ3n) is 4.17. The van der Waals surface area contributed by atoms with Gasteiger partial charge >= 0.3 is 0 Å². The number of nitrogens with zero attached hydrogens (tertiary/aromatic N) is 1. The first kappa shape index (κ1) is 17.2. The summed E-state index contributed by atoms with van der Waals surface area (Å²) in [5.74, 6) is 1.26. The van der Waals surface area contributed by atoms with Gasteiger partial charge in [0.05, 0.1) is 23.9 Å². The number of nitrogens with one attached hydrogen (secondary N) is 1. The highest BCUT2D eigenvalue weighted by Crippen LogP contribution is 2.36. The van der Waals surface area contributed by atoms with Crippen molar-refractivity contribution in [3.05, 3.63) is 64.7 Å². The molecule has 3 aromatic carbocycles. The molecule has 1 heterocycles. The van der Waals surface area contributed by atoms with Gasteiger partial charge in [0.2, 0.25) is 6.79 Å². The monoisotopic (exact) mass is 382 g/mol. The van der Waals surface area contributed by atoms with Crippen molar-refractivity contribution in [2.45, 2.75) is 0 Å². The van der Waals surface area contributed by atoms with Gasteiger partial charge in [-0.1, -0.05) is 35.9 Å². The van der Waals surface area contributed by atoms with Crippen LogP contribution >= 0.6 is 11.6 Å². The van der Waals surface area contributed by atoms with E-state index in [2.05, 4.69) is 10.5 Å². The summed E-state index contributed by atoms with van der Waals surface area (Å²) in [5, 5.41) is 6.37. The molecule has 0 fully saturated rings. The molecule has 0 spiro atoms. The van der Waals surface area contributed by atoms with E-state index in [-0.39, 0.29) is 12.7 Å². The third-order valence-corrected chi connectivity index (χ3v) is 4.50. The molecule has 1 aliphatic heterocycles. The molecule has 0 radical (unpaired) electrons. The predicted molar refractivity (Wildman–Crippen MR) is 103 cm³/mol. The van der Waals surface area contributed by atoms with Gasteiger partial charge < -0.3 is 14.2 Å². The highest BCUT2D eigenvalue weighted by Gasteiger charge is 2.16. The first-order chi connectivity index (χ1) is 13.2. The summed E-state index contributed by atoms with van der Waals surface area (Å²) in [5.41, 5.74) is 3.50. The minimum Gasteiger partial charge on any atom is -0.496 e. The average molecular weight is 383 g/mol. The maximum Gasteiger partial charge on any atom is 0.275 e. The number of amides is 1. The topological polar surface area (TPSA) is 69.2 Å². The Morgan fingerprint density at radius 3 is 2.59 bits per heavy atom. The number of hydrogen-bond acceptors (Lipinski definition) is 5. The molecule has 0 aromatic heterocycles. The van der Waals surface area contributed by atoms with Gasteiger partial charge in [-0.3, -0.25) is 4.79 Å². The number of halogens is 1. The number of carbonyl (C=O) groups is 1. The molecule has 1 amide bonds. The Labute approximate surface area is 160 Å². The lowest BCUT2D eigenvalue weighted by Crippen LogP contribution is -2.18. The Morgan fingerprint density at radius 2 is 1.85 bits per heavy atom. The van der Waals surface area contributed by atoms with Crippen LogP contribution in [0, 0.1) is 0 Å². The van der Waals surface area contributed by atoms with E-state index in [1.807, 2.05) is 30.3 Å². The zero-order valence-corrected chi connectivity index (χ0v) is 15.1. The lowest BCUT2D eigenvalue weighted by Gasteiger charge is -2.09. The molecular weight excluding hydrogens is 368 g/mol. The van der Waals surface area contributed by atoms with E-state index in [4.69, 9.17) is 25.8 Å².